The first-order valence-corrected chi connectivity index (χ1v) is 12.2. The molecule has 3 atom stereocenters. The zero-order chi connectivity index (χ0) is 19.5. The third-order valence-corrected chi connectivity index (χ3v) is 10.3. The van der Waals surface area contributed by atoms with Gasteiger partial charge in [-0.1, -0.05) is 40.3 Å². The van der Waals surface area contributed by atoms with Crippen molar-refractivity contribution in [3.63, 3.8) is 0 Å². The summed E-state index contributed by atoms with van der Waals surface area (Å²) >= 11 is 0. The molecule has 2 rings (SSSR count). The third kappa shape index (κ3) is 4.56. The quantitative estimate of drug-likeness (QED) is 0.591. The number of likely N-dealkylation sites (tertiary alicyclic amines) is 1. The van der Waals surface area contributed by atoms with Crippen molar-refractivity contribution >= 4 is 14.4 Å². The maximum atomic E-state index is 12.6. The van der Waals surface area contributed by atoms with E-state index >= 15 is 0 Å². The van der Waals surface area contributed by atoms with Gasteiger partial charge in [0.25, 0.3) is 0 Å². The van der Waals surface area contributed by atoms with Gasteiger partial charge in [0.15, 0.2) is 8.32 Å². The Kier molecular flexibility index (Phi) is 6.34. The molecule has 0 spiro atoms. The van der Waals surface area contributed by atoms with Gasteiger partial charge < -0.3 is 14.1 Å². The fraction of sp³-hybridized carbons (Fsp3) is 0.684. The number of nitrogens with zero attached hydrogens (tertiary/aromatic N) is 2. The highest BCUT2D eigenvalue weighted by Crippen LogP contribution is 2.40. The highest BCUT2D eigenvalue weighted by atomic mass is 28.4. The van der Waals surface area contributed by atoms with Gasteiger partial charge in [-0.25, -0.2) is 4.79 Å². The largest absolute Gasteiger partial charge is 0.445 e. The molecule has 146 valence electrons. The number of carbonyl (C=O) groups excluding carboxylic acids is 1. The average molecular weight is 380 g/mol. The number of hydrogen-bond acceptors (Lipinski definition) is 4. The van der Waals surface area contributed by atoms with E-state index in [1.165, 1.54) is 0 Å². The molecule has 1 saturated heterocycles. The van der Waals surface area contributed by atoms with Crippen molar-refractivity contribution < 1.29 is 14.0 Å². The van der Waals surface area contributed by atoms with Crippen LogP contribution in [0.3, 0.4) is 0 Å². The first kappa shape index (κ1) is 20.7. The Morgan fingerprint density at radius 3 is 2.77 bits per heavy atom. The zero-order valence-electron chi connectivity index (χ0n) is 16.9. The minimum absolute atomic E-state index is 0.0162. The molecule has 1 N–H and O–H groups in total. The van der Waals surface area contributed by atoms with Crippen LogP contribution in [0.4, 0.5) is 4.79 Å². The molecule has 1 fully saturated rings. The van der Waals surface area contributed by atoms with Crippen LogP contribution in [0.1, 0.15) is 45.7 Å². The molecule has 7 heteroatoms. The van der Waals surface area contributed by atoms with Gasteiger partial charge >= 0.3 is 6.09 Å². The van der Waals surface area contributed by atoms with Crippen LogP contribution < -0.4 is 0 Å². The second-order valence-electron chi connectivity index (χ2n) is 8.62. The van der Waals surface area contributed by atoms with Crippen LogP contribution in [-0.4, -0.2) is 54.8 Å². The van der Waals surface area contributed by atoms with Crippen LogP contribution in [0.2, 0.25) is 18.1 Å². The molecular weight excluding hydrogens is 346 g/mol. The van der Waals surface area contributed by atoms with Crippen LogP contribution in [0.15, 0.2) is 24.9 Å². The number of amides is 1. The SMILES string of the molecule is C=CCOC(=O)N1C[C@H](O[Si](C)(C)C(C)(C)C)C[C@@H]1C(C)c1ccn[nH]1. The predicted octanol–water partition coefficient (Wildman–Crippen LogP) is 4.30. The van der Waals surface area contributed by atoms with Crippen LogP contribution in [0, 0.1) is 0 Å². The fourth-order valence-corrected chi connectivity index (χ4v) is 4.49. The second-order valence-corrected chi connectivity index (χ2v) is 13.4. The summed E-state index contributed by atoms with van der Waals surface area (Å²) in [6.45, 7) is 17.7. The van der Waals surface area contributed by atoms with E-state index in [4.69, 9.17) is 9.16 Å². The smallest absolute Gasteiger partial charge is 0.410 e. The normalized spacial score (nSPS) is 22.3. The Hall–Kier alpha value is -1.60. The minimum atomic E-state index is -1.91. The molecule has 0 aliphatic carbocycles. The van der Waals surface area contributed by atoms with E-state index in [1.807, 2.05) is 11.0 Å². The molecule has 2 heterocycles. The molecular formula is C19H33N3O3Si. The topological polar surface area (TPSA) is 67.4 Å². The van der Waals surface area contributed by atoms with Crippen molar-refractivity contribution in [2.75, 3.05) is 13.2 Å². The van der Waals surface area contributed by atoms with Crippen molar-refractivity contribution in [2.45, 2.75) is 70.3 Å². The van der Waals surface area contributed by atoms with E-state index in [2.05, 4.69) is 57.6 Å². The van der Waals surface area contributed by atoms with Crippen molar-refractivity contribution in [1.82, 2.24) is 15.1 Å². The van der Waals surface area contributed by atoms with Crippen LogP contribution >= 0.6 is 0 Å². The Morgan fingerprint density at radius 1 is 1.54 bits per heavy atom. The number of hydrogen-bond donors (Lipinski definition) is 1. The predicted molar refractivity (Wildman–Crippen MR) is 106 cm³/mol. The lowest BCUT2D eigenvalue weighted by molar-refractivity contribution is 0.0996. The number of carbonyl (C=O) groups is 1. The molecule has 1 aromatic heterocycles. The van der Waals surface area contributed by atoms with E-state index in [1.54, 1.807) is 12.3 Å². The highest BCUT2D eigenvalue weighted by molar-refractivity contribution is 6.74. The molecule has 26 heavy (non-hydrogen) atoms. The molecule has 0 bridgehead atoms. The Morgan fingerprint density at radius 2 is 2.23 bits per heavy atom. The number of nitrogens with one attached hydrogen (secondary N) is 1. The number of rotatable bonds is 6. The van der Waals surface area contributed by atoms with Gasteiger partial charge in [-0.15, -0.1) is 0 Å². The Balaban J connectivity index is 2.17. The van der Waals surface area contributed by atoms with E-state index in [9.17, 15) is 4.79 Å². The molecule has 1 aliphatic rings. The van der Waals surface area contributed by atoms with Gasteiger partial charge in [-0.2, -0.15) is 5.10 Å². The fourth-order valence-electron chi connectivity index (χ4n) is 3.13. The van der Waals surface area contributed by atoms with Gasteiger partial charge in [0.2, 0.25) is 0 Å². The maximum absolute atomic E-state index is 12.6. The number of ether oxygens (including phenoxy) is 1. The molecule has 6 nitrogen and oxygen atoms in total. The van der Waals surface area contributed by atoms with Crippen molar-refractivity contribution in [2.24, 2.45) is 0 Å². The van der Waals surface area contributed by atoms with Crippen LogP contribution in [0.5, 0.6) is 0 Å². The molecule has 1 amide bonds. The van der Waals surface area contributed by atoms with Crippen molar-refractivity contribution in [1.29, 1.82) is 0 Å². The lowest BCUT2D eigenvalue weighted by Gasteiger charge is -2.38. The van der Waals surface area contributed by atoms with Gasteiger partial charge in [-0.3, -0.25) is 5.10 Å². The zero-order valence-corrected chi connectivity index (χ0v) is 17.9. The molecule has 1 aromatic rings. The molecule has 0 saturated carbocycles. The highest BCUT2D eigenvalue weighted by Gasteiger charge is 2.45. The standard InChI is InChI=1S/C19H33N3O3Si/c1-8-11-24-18(23)22-13-15(25-26(6,7)19(3,4)5)12-17(22)14(2)16-9-10-20-21-16/h8-10,14-15,17H,1,11-13H2,2-7H3,(H,20,21)/t14?,15-,17-/m1/s1. The summed E-state index contributed by atoms with van der Waals surface area (Å²) in [5, 5.41) is 7.21. The summed E-state index contributed by atoms with van der Waals surface area (Å²) in [5.41, 5.74) is 1.02. The van der Waals surface area contributed by atoms with Gasteiger partial charge in [0.05, 0.1) is 6.10 Å². The van der Waals surface area contributed by atoms with E-state index in [0.717, 1.165) is 12.1 Å². The molecule has 1 unspecified atom stereocenters. The lowest BCUT2D eigenvalue weighted by atomic mass is 9.96. The second kappa shape index (κ2) is 7.96. The summed E-state index contributed by atoms with van der Waals surface area (Å²) in [4.78, 5) is 14.4. The van der Waals surface area contributed by atoms with Crippen molar-refractivity contribution in [3.8, 4) is 0 Å². The minimum Gasteiger partial charge on any atom is -0.445 e. The Labute approximate surface area is 158 Å². The number of H-pyrrole nitrogens is 1. The maximum Gasteiger partial charge on any atom is 0.410 e. The summed E-state index contributed by atoms with van der Waals surface area (Å²) in [6.07, 6.45) is 3.86. The molecule has 0 aromatic carbocycles. The summed E-state index contributed by atoms with van der Waals surface area (Å²) in [7, 11) is -1.91. The Bertz CT molecular complexity index is 610. The lowest BCUT2D eigenvalue weighted by Crippen LogP contribution is -2.45. The van der Waals surface area contributed by atoms with E-state index in [-0.39, 0.29) is 35.8 Å². The van der Waals surface area contributed by atoms with Crippen LogP contribution in [0.25, 0.3) is 0 Å². The third-order valence-electron chi connectivity index (χ3n) is 5.72. The number of aromatic amines is 1. The monoisotopic (exact) mass is 379 g/mol. The first-order valence-electron chi connectivity index (χ1n) is 9.28. The van der Waals surface area contributed by atoms with Crippen molar-refractivity contribution in [3.05, 3.63) is 30.6 Å². The van der Waals surface area contributed by atoms with E-state index < -0.39 is 8.32 Å². The summed E-state index contributed by atoms with van der Waals surface area (Å²) in [5.74, 6) is 0.127. The van der Waals surface area contributed by atoms with Crippen LogP contribution in [-0.2, 0) is 9.16 Å². The average Bonchev–Trinajstić information content (AvgIpc) is 3.20. The van der Waals surface area contributed by atoms with E-state index in [0.29, 0.717) is 6.54 Å². The summed E-state index contributed by atoms with van der Waals surface area (Å²) < 4.78 is 11.9. The van der Waals surface area contributed by atoms with Gasteiger partial charge in [-0.05, 0) is 30.6 Å². The van der Waals surface area contributed by atoms with Gasteiger partial charge in [0.1, 0.15) is 6.61 Å². The molecule has 0 radical (unpaired) electrons. The molecule has 1 aliphatic heterocycles. The van der Waals surface area contributed by atoms with Gasteiger partial charge in [0, 0.05) is 30.4 Å². The number of aromatic nitrogens is 2. The first-order chi connectivity index (χ1) is 12.1. The summed E-state index contributed by atoms with van der Waals surface area (Å²) in [6, 6.07) is 1.97.